The van der Waals surface area contributed by atoms with Gasteiger partial charge in [-0.1, -0.05) is 0 Å². The molecule has 118 valence electrons. The number of alkyl halides is 5. The summed E-state index contributed by atoms with van der Waals surface area (Å²) in [6, 6.07) is 7.34. The van der Waals surface area contributed by atoms with Crippen LogP contribution in [0, 0.1) is 0 Å². The van der Waals surface area contributed by atoms with Crippen LogP contribution in [0.4, 0.5) is 33.5 Å². The lowest BCUT2D eigenvalue weighted by Gasteiger charge is -2.12. The highest BCUT2D eigenvalue weighted by molar-refractivity contribution is 9.10. The van der Waals surface area contributed by atoms with E-state index < -0.39 is 18.5 Å². The van der Waals surface area contributed by atoms with E-state index in [-0.39, 0.29) is 11.6 Å². The SMILES string of the molecule is FC(F)Oc1ccc(Nc2nc(C(F)(F)F)ccc2Br)cc1. The van der Waals surface area contributed by atoms with Crippen molar-refractivity contribution in [2.45, 2.75) is 12.8 Å². The van der Waals surface area contributed by atoms with Gasteiger partial charge in [0.15, 0.2) is 0 Å². The monoisotopic (exact) mass is 382 g/mol. The molecule has 0 amide bonds. The highest BCUT2D eigenvalue weighted by Crippen LogP contribution is 2.32. The number of anilines is 2. The first-order chi connectivity index (χ1) is 10.3. The van der Waals surface area contributed by atoms with Crippen LogP contribution in [0.2, 0.25) is 0 Å². The number of pyridine rings is 1. The highest BCUT2D eigenvalue weighted by Gasteiger charge is 2.32. The molecule has 0 saturated heterocycles. The molecule has 2 rings (SSSR count). The zero-order valence-electron chi connectivity index (χ0n) is 10.7. The van der Waals surface area contributed by atoms with Gasteiger partial charge < -0.3 is 10.1 Å². The van der Waals surface area contributed by atoms with Crippen LogP contribution in [0.5, 0.6) is 5.75 Å². The van der Waals surface area contributed by atoms with Gasteiger partial charge in [0.05, 0.1) is 4.47 Å². The molecule has 1 aromatic carbocycles. The lowest BCUT2D eigenvalue weighted by Crippen LogP contribution is -2.09. The lowest BCUT2D eigenvalue weighted by atomic mass is 10.3. The Balaban J connectivity index is 2.20. The number of hydrogen-bond donors (Lipinski definition) is 1. The molecule has 0 unspecified atom stereocenters. The number of halogens is 6. The third-order valence-corrected chi connectivity index (χ3v) is 3.12. The third-order valence-electron chi connectivity index (χ3n) is 2.48. The van der Waals surface area contributed by atoms with Crippen molar-refractivity contribution in [3.05, 3.63) is 46.6 Å². The summed E-state index contributed by atoms with van der Waals surface area (Å²) in [4.78, 5) is 3.48. The molecule has 0 saturated carbocycles. The van der Waals surface area contributed by atoms with Crippen LogP contribution in [-0.2, 0) is 6.18 Å². The number of aromatic nitrogens is 1. The van der Waals surface area contributed by atoms with Crippen molar-refractivity contribution in [1.29, 1.82) is 0 Å². The fourth-order valence-electron chi connectivity index (χ4n) is 1.54. The summed E-state index contributed by atoms with van der Waals surface area (Å²) in [6.45, 7) is -2.95. The molecular formula is C13H8BrF5N2O. The molecule has 0 aliphatic carbocycles. The minimum Gasteiger partial charge on any atom is -0.435 e. The Bertz CT molecular complexity index is 646. The Kier molecular flexibility index (Phi) is 4.84. The van der Waals surface area contributed by atoms with Gasteiger partial charge in [-0.15, -0.1) is 0 Å². The van der Waals surface area contributed by atoms with E-state index in [4.69, 9.17) is 0 Å². The molecule has 9 heteroatoms. The number of nitrogens with zero attached hydrogens (tertiary/aromatic N) is 1. The van der Waals surface area contributed by atoms with Gasteiger partial charge >= 0.3 is 12.8 Å². The average molecular weight is 383 g/mol. The van der Waals surface area contributed by atoms with Crippen LogP contribution in [0.25, 0.3) is 0 Å². The van der Waals surface area contributed by atoms with Crippen molar-refractivity contribution in [2.75, 3.05) is 5.32 Å². The van der Waals surface area contributed by atoms with Crippen LogP contribution in [0.3, 0.4) is 0 Å². The average Bonchev–Trinajstić information content (AvgIpc) is 2.41. The Labute approximate surface area is 130 Å². The quantitative estimate of drug-likeness (QED) is 0.737. The summed E-state index contributed by atoms with van der Waals surface area (Å²) < 4.78 is 66.4. The molecular weight excluding hydrogens is 375 g/mol. The Morgan fingerprint density at radius 1 is 1.05 bits per heavy atom. The molecule has 1 N–H and O–H groups in total. The smallest absolute Gasteiger partial charge is 0.433 e. The number of hydrogen-bond acceptors (Lipinski definition) is 3. The maximum atomic E-state index is 12.6. The van der Waals surface area contributed by atoms with Crippen LogP contribution in [0.1, 0.15) is 5.69 Å². The van der Waals surface area contributed by atoms with Gasteiger partial charge in [-0.25, -0.2) is 4.98 Å². The molecule has 0 atom stereocenters. The van der Waals surface area contributed by atoms with E-state index in [1.54, 1.807) is 0 Å². The second-order valence-corrected chi connectivity index (χ2v) is 4.91. The van der Waals surface area contributed by atoms with Crippen LogP contribution < -0.4 is 10.1 Å². The van der Waals surface area contributed by atoms with Crippen LogP contribution in [-0.4, -0.2) is 11.6 Å². The summed E-state index contributed by atoms with van der Waals surface area (Å²) in [7, 11) is 0. The summed E-state index contributed by atoms with van der Waals surface area (Å²) in [5, 5.41) is 2.66. The lowest BCUT2D eigenvalue weighted by molar-refractivity contribution is -0.141. The third kappa shape index (κ3) is 4.30. The van der Waals surface area contributed by atoms with Crippen molar-refractivity contribution in [2.24, 2.45) is 0 Å². The molecule has 0 aliphatic rings. The molecule has 0 fully saturated rings. The molecule has 0 aliphatic heterocycles. The van der Waals surface area contributed by atoms with Gasteiger partial charge in [0, 0.05) is 5.69 Å². The van der Waals surface area contributed by atoms with Crippen molar-refractivity contribution >= 4 is 27.4 Å². The van der Waals surface area contributed by atoms with Gasteiger partial charge in [0.2, 0.25) is 0 Å². The summed E-state index contributed by atoms with van der Waals surface area (Å²) in [6.07, 6.45) is -4.56. The fraction of sp³-hybridized carbons (Fsp3) is 0.154. The van der Waals surface area contributed by atoms with Gasteiger partial charge in [-0.05, 0) is 52.3 Å². The van der Waals surface area contributed by atoms with Gasteiger partial charge in [0.25, 0.3) is 0 Å². The second-order valence-electron chi connectivity index (χ2n) is 4.05. The topological polar surface area (TPSA) is 34.1 Å². The molecule has 0 spiro atoms. The van der Waals surface area contributed by atoms with E-state index in [2.05, 4.69) is 31.0 Å². The number of benzene rings is 1. The zero-order valence-corrected chi connectivity index (χ0v) is 12.3. The summed E-state index contributed by atoms with van der Waals surface area (Å²) in [5.74, 6) is -0.103. The van der Waals surface area contributed by atoms with Crippen molar-refractivity contribution in [3.63, 3.8) is 0 Å². The summed E-state index contributed by atoms with van der Waals surface area (Å²) in [5.41, 5.74) is -0.676. The van der Waals surface area contributed by atoms with Gasteiger partial charge in [0.1, 0.15) is 17.3 Å². The van der Waals surface area contributed by atoms with E-state index in [1.807, 2.05) is 0 Å². The van der Waals surface area contributed by atoms with Crippen molar-refractivity contribution < 1.29 is 26.7 Å². The first kappa shape index (κ1) is 16.5. The Hall–Kier alpha value is -1.90. The highest BCUT2D eigenvalue weighted by atomic mass is 79.9. The zero-order chi connectivity index (χ0) is 16.3. The van der Waals surface area contributed by atoms with E-state index in [0.717, 1.165) is 6.07 Å². The Morgan fingerprint density at radius 3 is 2.23 bits per heavy atom. The number of nitrogens with one attached hydrogen (secondary N) is 1. The largest absolute Gasteiger partial charge is 0.435 e. The van der Waals surface area contributed by atoms with Gasteiger partial charge in [-0.2, -0.15) is 22.0 Å². The van der Waals surface area contributed by atoms with E-state index in [1.165, 1.54) is 30.3 Å². The van der Waals surface area contributed by atoms with Crippen molar-refractivity contribution in [1.82, 2.24) is 4.98 Å². The molecule has 2 aromatic rings. The molecule has 0 bridgehead atoms. The predicted octanol–water partition coefficient (Wildman–Crippen LogP) is 5.21. The van der Waals surface area contributed by atoms with Crippen molar-refractivity contribution in [3.8, 4) is 5.75 Å². The number of rotatable bonds is 4. The first-order valence-corrected chi connectivity index (χ1v) is 6.60. The Morgan fingerprint density at radius 2 is 1.68 bits per heavy atom. The van der Waals surface area contributed by atoms with Gasteiger partial charge in [-0.3, -0.25) is 0 Å². The maximum absolute atomic E-state index is 12.6. The standard InChI is InChI=1S/C13H8BrF5N2O/c14-9-5-6-10(13(17,18)19)21-11(9)20-7-1-3-8(4-2-7)22-12(15)16/h1-6,12H,(H,20,21). The fourth-order valence-corrected chi connectivity index (χ4v) is 1.86. The minimum atomic E-state index is -4.56. The summed E-state index contributed by atoms with van der Waals surface area (Å²) >= 11 is 3.09. The van der Waals surface area contributed by atoms with E-state index >= 15 is 0 Å². The maximum Gasteiger partial charge on any atom is 0.433 e. The minimum absolute atomic E-state index is 0.0441. The van der Waals surface area contributed by atoms with Crippen LogP contribution in [0.15, 0.2) is 40.9 Å². The predicted molar refractivity (Wildman–Crippen MR) is 73.3 cm³/mol. The normalized spacial score (nSPS) is 11.6. The second kappa shape index (κ2) is 6.47. The molecule has 1 aromatic heterocycles. The first-order valence-electron chi connectivity index (χ1n) is 5.81. The van der Waals surface area contributed by atoms with E-state index in [9.17, 15) is 22.0 Å². The van der Waals surface area contributed by atoms with E-state index in [0.29, 0.717) is 10.2 Å². The molecule has 0 radical (unpaired) electrons. The number of ether oxygens (including phenoxy) is 1. The molecule has 3 nitrogen and oxygen atoms in total. The molecule has 22 heavy (non-hydrogen) atoms. The van der Waals surface area contributed by atoms with Crippen LogP contribution >= 0.6 is 15.9 Å². The molecule has 1 heterocycles.